The largest absolute Gasteiger partial charge is 0.491 e. The van der Waals surface area contributed by atoms with Crippen LogP contribution >= 0.6 is 0 Å². The van der Waals surface area contributed by atoms with E-state index in [9.17, 15) is 4.79 Å². The smallest absolute Gasteiger partial charge is 0.320 e. The van der Waals surface area contributed by atoms with E-state index < -0.39 is 0 Å². The maximum atomic E-state index is 14.1. The monoisotopic (exact) mass is 725 g/mol. The van der Waals surface area contributed by atoms with Crippen molar-refractivity contribution in [3.05, 3.63) is 65.7 Å². The van der Waals surface area contributed by atoms with Crippen LogP contribution in [-0.2, 0) is 40.5 Å². The molecule has 0 atom stereocenters. The zero-order valence-corrected chi connectivity index (χ0v) is 31.9. The Labute approximate surface area is 311 Å². The first-order valence-corrected chi connectivity index (χ1v) is 19.3. The van der Waals surface area contributed by atoms with Gasteiger partial charge < -0.3 is 43.0 Å². The Morgan fingerprint density at radius 2 is 1.29 bits per heavy atom. The average Bonchev–Trinajstić information content (AvgIpc) is 3.38. The van der Waals surface area contributed by atoms with E-state index in [0.29, 0.717) is 91.7 Å². The van der Waals surface area contributed by atoms with E-state index in [0.717, 1.165) is 50.1 Å². The number of carbonyl (C=O) groups is 1. The van der Waals surface area contributed by atoms with Gasteiger partial charge in [0.15, 0.2) is 0 Å². The number of benzene rings is 2. The van der Waals surface area contributed by atoms with Gasteiger partial charge in [0.1, 0.15) is 12.4 Å². The lowest BCUT2D eigenvalue weighted by Gasteiger charge is -2.51. The first-order valence-electron chi connectivity index (χ1n) is 19.3. The number of amides is 2. The van der Waals surface area contributed by atoms with Crippen molar-refractivity contribution in [3.8, 4) is 5.75 Å². The zero-order chi connectivity index (χ0) is 36.5. The van der Waals surface area contributed by atoms with E-state index in [2.05, 4.69) is 71.3 Å². The minimum Gasteiger partial charge on any atom is -0.491 e. The van der Waals surface area contributed by atoms with Gasteiger partial charge in [0.25, 0.3) is 0 Å². The lowest BCUT2D eigenvalue weighted by atomic mass is 9.68. The molecule has 3 aliphatic rings. The fourth-order valence-corrected chi connectivity index (χ4v) is 7.81. The number of urea groups is 1. The molecule has 1 aliphatic heterocycles. The molecular weight excluding hydrogens is 662 g/mol. The van der Waals surface area contributed by atoms with Crippen LogP contribution in [0.25, 0.3) is 0 Å². The van der Waals surface area contributed by atoms with Crippen molar-refractivity contribution in [1.29, 1.82) is 0 Å². The third kappa shape index (κ3) is 11.4. The van der Waals surface area contributed by atoms with Crippen molar-refractivity contribution in [2.75, 3.05) is 114 Å². The summed E-state index contributed by atoms with van der Waals surface area (Å²) in [5, 5.41) is 0. The van der Waals surface area contributed by atoms with Gasteiger partial charge >= 0.3 is 6.03 Å². The number of carbonyl (C=O) groups excluding carboxylic acids is 1. The normalized spacial score (nSPS) is 22.1. The number of rotatable bonds is 25. The summed E-state index contributed by atoms with van der Waals surface area (Å²) in [4.78, 5) is 20.9. The number of ether oxygens (including phenoxy) is 7. The van der Waals surface area contributed by atoms with Crippen LogP contribution in [0.5, 0.6) is 5.75 Å². The van der Waals surface area contributed by atoms with Crippen LogP contribution in [0.3, 0.4) is 0 Å². The third-order valence-corrected chi connectivity index (χ3v) is 11.1. The molecule has 2 aromatic carbocycles. The predicted octanol–water partition coefficient (Wildman–Crippen LogP) is 5.60. The summed E-state index contributed by atoms with van der Waals surface area (Å²) in [6, 6.07) is 19.3. The lowest BCUT2D eigenvalue weighted by molar-refractivity contribution is -0.0159. The molecule has 52 heavy (non-hydrogen) atoms. The van der Waals surface area contributed by atoms with Gasteiger partial charge in [-0.2, -0.15) is 0 Å². The molecule has 0 N–H and O–H groups in total. The Bertz CT molecular complexity index is 1300. The number of methoxy groups -OCH3 is 1. The second kappa shape index (κ2) is 21.2. The molecule has 290 valence electrons. The van der Waals surface area contributed by atoms with Crippen LogP contribution in [0.15, 0.2) is 54.6 Å². The molecule has 0 radical (unpaired) electrons. The van der Waals surface area contributed by atoms with Crippen LogP contribution < -0.4 is 4.74 Å². The molecule has 2 aromatic rings. The van der Waals surface area contributed by atoms with Crippen molar-refractivity contribution < 1.29 is 38.0 Å². The van der Waals surface area contributed by atoms with Crippen molar-refractivity contribution in [3.63, 3.8) is 0 Å². The Kier molecular flexibility index (Phi) is 16.5. The standard InChI is InChI=1S/C41H63N3O8/c1-42(2)41(37-12-5-4-6-13-37)17-15-40(16-18-41)34-43(39(45)44(40)33-35-9-7-10-35)32-36-11-8-14-38(31-36)52-30-29-51-28-27-50-26-25-49-24-23-48-22-21-47-20-19-46-3/h4-6,8,11-14,31,35H,7,9-10,15-30,32-34H2,1-3H3. The number of nitrogens with zero attached hydrogens (tertiary/aromatic N) is 3. The minimum absolute atomic E-state index is 0.000522. The Morgan fingerprint density at radius 3 is 1.83 bits per heavy atom. The van der Waals surface area contributed by atoms with Gasteiger partial charge in [0, 0.05) is 32.3 Å². The molecule has 1 spiro atoms. The zero-order valence-electron chi connectivity index (χ0n) is 31.9. The van der Waals surface area contributed by atoms with Crippen molar-refractivity contribution in [1.82, 2.24) is 14.7 Å². The quantitative estimate of drug-likeness (QED) is 0.121. The van der Waals surface area contributed by atoms with Crippen molar-refractivity contribution >= 4 is 6.03 Å². The molecule has 5 rings (SSSR count). The van der Waals surface area contributed by atoms with Gasteiger partial charge in [-0.1, -0.05) is 48.9 Å². The number of hydrogen-bond acceptors (Lipinski definition) is 9. The van der Waals surface area contributed by atoms with E-state index in [1.807, 2.05) is 12.1 Å². The topological polar surface area (TPSA) is 91.4 Å². The summed E-state index contributed by atoms with van der Waals surface area (Å²) >= 11 is 0. The van der Waals surface area contributed by atoms with Crippen LogP contribution in [0.1, 0.15) is 56.1 Å². The molecular formula is C41H63N3O8. The maximum absolute atomic E-state index is 14.1. The number of hydrogen-bond donors (Lipinski definition) is 0. The van der Waals surface area contributed by atoms with Crippen LogP contribution in [0, 0.1) is 5.92 Å². The summed E-state index contributed by atoms with van der Waals surface area (Å²) < 4.78 is 38.6. The van der Waals surface area contributed by atoms with Gasteiger partial charge in [-0.05, 0) is 81.8 Å². The van der Waals surface area contributed by atoms with Gasteiger partial charge in [0.05, 0.1) is 78.2 Å². The van der Waals surface area contributed by atoms with Crippen LogP contribution in [0.4, 0.5) is 4.79 Å². The Balaban J connectivity index is 1.000. The highest BCUT2D eigenvalue weighted by Crippen LogP contribution is 2.49. The molecule has 1 heterocycles. The fraction of sp³-hybridized carbons (Fsp3) is 0.683. The van der Waals surface area contributed by atoms with Crippen molar-refractivity contribution in [2.24, 2.45) is 5.92 Å². The Morgan fingerprint density at radius 1 is 0.712 bits per heavy atom. The molecule has 3 fully saturated rings. The molecule has 0 bridgehead atoms. The SMILES string of the molecule is COCCOCCOCCOCCOCCOCCOc1cccc(CN2CC3(CCC(c4ccccc4)(N(C)C)CC3)N(CC3CCC3)C2=O)c1. The molecule has 0 aromatic heterocycles. The van der Waals surface area contributed by atoms with E-state index in [4.69, 9.17) is 33.2 Å². The van der Waals surface area contributed by atoms with E-state index in [1.54, 1.807) is 7.11 Å². The second-order valence-corrected chi connectivity index (χ2v) is 14.6. The van der Waals surface area contributed by atoms with Crippen LogP contribution in [0.2, 0.25) is 0 Å². The first-order chi connectivity index (χ1) is 25.5. The molecule has 2 saturated carbocycles. The van der Waals surface area contributed by atoms with Gasteiger partial charge in [-0.15, -0.1) is 0 Å². The predicted molar refractivity (Wildman–Crippen MR) is 201 cm³/mol. The van der Waals surface area contributed by atoms with E-state index in [1.165, 1.54) is 24.8 Å². The maximum Gasteiger partial charge on any atom is 0.320 e. The Hall–Kier alpha value is -2.77. The van der Waals surface area contributed by atoms with Gasteiger partial charge in [-0.25, -0.2) is 4.79 Å². The van der Waals surface area contributed by atoms with Crippen molar-refractivity contribution in [2.45, 2.75) is 62.6 Å². The minimum atomic E-state index is -0.113. The van der Waals surface area contributed by atoms with Gasteiger partial charge in [-0.3, -0.25) is 4.90 Å². The first kappa shape index (κ1) is 40.4. The molecule has 2 aliphatic carbocycles. The van der Waals surface area contributed by atoms with Gasteiger partial charge in [0.2, 0.25) is 0 Å². The average molecular weight is 726 g/mol. The molecule has 1 saturated heterocycles. The summed E-state index contributed by atoms with van der Waals surface area (Å²) in [5.74, 6) is 1.43. The molecule has 2 amide bonds. The molecule has 11 nitrogen and oxygen atoms in total. The summed E-state index contributed by atoms with van der Waals surface area (Å²) in [5.41, 5.74) is 2.36. The van der Waals surface area contributed by atoms with E-state index >= 15 is 0 Å². The summed E-state index contributed by atoms with van der Waals surface area (Å²) in [7, 11) is 6.07. The highest BCUT2D eigenvalue weighted by molar-refractivity contribution is 5.78. The lowest BCUT2D eigenvalue weighted by Crippen LogP contribution is -2.56. The highest BCUT2D eigenvalue weighted by atomic mass is 16.6. The molecule has 0 unspecified atom stereocenters. The molecule has 11 heteroatoms. The summed E-state index contributed by atoms with van der Waals surface area (Å²) in [6.45, 7) is 8.52. The fourth-order valence-electron chi connectivity index (χ4n) is 7.81. The highest BCUT2D eigenvalue weighted by Gasteiger charge is 2.54. The third-order valence-electron chi connectivity index (χ3n) is 11.1. The van der Waals surface area contributed by atoms with E-state index in [-0.39, 0.29) is 17.1 Å². The van der Waals surface area contributed by atoms with Crippen LogP contribution in [-0.4, -0.2) is 140 Å². The summed E-state index contributed by atoms with van der Waals surface area (Å²) in [6.07, 6.45) is 7.87. The second-order valence-electron chi connectivity index (χ2n) is 14.6.